The Bertz CT molecular complexity index is 1300. The Morgan fingerprint density at radius 3 is 2.16 bits per heavy atom. The maximum Gasteiger partial charge on any atom is 0.350 e. The first-order valence-corrected chi connectivity index (χ1v) is 12.9. The van der Waals surface area contributed by atoms with Crippen molar-refractivity contribution in [3.63, 3.8) is 0 Å². The number of rotatable bonds is 8. The lowest BCUT2D eigenvalue weighted by molar-refractivity contribution is -0.137. The van der Waals surface area contributed by atoms with Crippen LogP contribution in [0.2, 0.25) is 0 Å². The van der Waals surface area contributed by atoms with Crippen LogP contribution >= 0.6 is 0 Å². The van der Waals surface area contributed by atoms with E-state index in [4.69, 9.17) is 0 Å². The number of nitrogens with zero attached hydrogens (tertiary/aromatic N) is 1. The fraction of sp³-hybridized carbons (Fsp3) is 0.458. The van der Waals surface area contributed by atoms with Crippen LogP contribution in [0.1, 0.15) is 25.3 Å². The zero-order valence-corrected chi connectivity index (χ0v) is 20.3. The highest BCUT2D eigenvalue weighted by molar-refractivity contribution is 7.89. The van der Waals surface area contributed by atoms with Crippen LogP contribution in [0.25, 0.3) is 11.1 Å². The van der Waals surface area contributed by atoms with Crippen LogP contribution in [0.15, 0.2) is 30.3 Å². The normalized spacial score (nSPS) is 21.6. The van der Waals surface area contributed by atoms with Crippen molar-refractivity contribution >= 4 is 15.9 Å². The van der Waals surface area contributed by atoms with Crippen molar-refractivity contribution in [2.24, 2.45) is 11.3 Å². The monoisotopic (exact) mass is 552 g/mol. The Morgan fingerprint density at radius 2 is 1.62 bits per heavy atom. The molecule has 2 aromatic rings. The second-order valence-electron chi connectivity index (χ2n) is 9.56. The van der Waals surface area contributed by atoms with Gasteiger partial charge in [-0.05, 0) is 67.0 Å². The predicted molar refractivity (Wildman–Crippen MR) is 120 cm³/mol. The van der Waals surface area contributed by atoms with Gasteiger partial charge in [-0.25, -0.2) is 35.1 Å². The van der Waals surface area contributed by atoms with E-state index in [0.717, 1.165) is 36.1 Å². The van der Waals surface area contributed by atoms with E-state index in [-0.39, 0.29) is 17.7 Å². The Morgan fingerprint density at radius 1 is 1.03 bits per heavy atom. The second-order valence-corrected chi connectivity index (χ2v) is 11.3. The average Bonchev–Trinajstić information content (AvgIpc) is 3.50. The minimum atomic E-state index is -4.99. The molecule has 13 heteroatoms. The lowest BCUT2D eigenvalue weighted by atomic mass is 9.84. The third kappa shape index (κ3) is 5.47. The van der Waals surface area contributed by atoms with Gasteiger partial charge in [0.1, 0.15) is 23.3 Å². The van der Waals surface area contributed by atoms with Gasteiger partial charge in [0.05, 0.1) is 0 Å². The largest absolute Gasteiger partial charge is 0.350 e. The number of alkyl halides is 3. The molecule has 4 rings (SSSR count). The minimum Gasteiger partial charge on any atom is -0.336 e. The molecule has 1 saturated heterocycles. The number of sulfonamides is 1. The molecule has 37 heavy (non-hydrogen) atoms. The van der Waals surface area contributed by atoms with E-state index in [1.54, 1.807) is 0 Å². The smallest absolute Gasteiger partial charge is 0.336 e. The molecule has 0 aromatic heterocycles. The van der Waals surface area contributed by atoms with Gasteiger partial charge in [0.25, 0.3) is 15.9 Å². The van der Waals surface area contributed by atoms with Gasteiger partial charge >= 0.3 is 5.76 Å². The molecule has 0 unspecified atom stereocenters. The molecule has 1 saturated carbocycles. The molecule has 1 spiro atoms. The number of carbonyl (C=O) groups excluding carboxylic acids is 1. The molecule has 5 nitrogen and oxygen atoms in total. The van der Waals surface area contributed by atoms with E-state index in [9.17, 15) is 39.6 Å². The van der Waals surface area contributed by atoms with Crippen molar-refractivity contribution in [2.45, 2.75) is 44.2 Å². The first-order valence-electron chi connectivity index (χ1n) is 11.4. The third-order valence-electron chi connectivity index (χ3n) is 7.11. The van der Waals surface area contributed by atoms with Crippen molar-refractivity contribution in [3.05, 3.63) is 59.2 Å². The summed E-state index contributed by atoms with van der Waals surface area (Å²) in [5, 5.41) is 0. The van der Waals surface area contributed by atoms with Gasteiger partial charge in [0.15, 0.2) is 6.17 Å². The number of hydrogen-bond donors (Lipinski definition) is 1. The number of halogens is 7. The molecular formula is C24H23F7N2O3S. The molecular weight excluding hydrogens is 529 g/mol. The Labute approximate surface area is 208 Å². The molecule has 0 bridgehead atoms. The van der Waals surface area contributed by atoms with Crippen LogP contribution in [0.5, 0.6) is 0 Å². The fourth-order valence-corrected chi connectivity index (χ4v) is 5.71. The SMILES string of the molecule is C[C@@H](F)C(=O)N1CC2(CC2)[C@H](CNS(=O)(=O)C(F)F)[C@@H]1Cc1cc(F)cc(-c2cc(F)cc(F)c2)c1F. The molecule has 1 heterocycles. The zero-order chi connectivity index (χ0) is 27.3. The van der Waals surface area contributed by atoms with Gasteiger partial charge in [-0.3, -0.25) is 4.79 Å². The molecule has 3 atom stereocenters. The average molecular weight is 553 g/mol. The van der Waals surface area contributed by atoms with E-state index in [2.05, 4.69) is 0 Å². The molecule has 2 aliphatic rings. The first kappa shape index (κ1) is 27.4. The molecule has 1 amide bonds. The van der Waals surface area contributed by atoms with Gasteiger partial charge in [-0.1, -0.05) is 0 Å². The highest BCUT2D eigenvalue weighted by Gasteiger charge is 2.60. The van der Waals surface area contributed by atoms with E-state index >= 15 is 4.39 Å². The maximum absolute atomic E-state index is 15.6. The summed E-state index contributed by atoms with van der Waals surface area (Å²) in [6, 6.07) is 2.66. The van der Waals surface area contributed by atoms with Crippen LogP contribution in [0.3, 0.4) is 0 Å². The number of benzene rings is 2. The van der Waals surface area contributed by atoms with Crippen molar-refractivity contribution in [2.75, 3.05) is 13.1 Å². The summed E-state index contributed by atoms with van der Waals surface area (Å²) in [7, 11) is -4.99. The van der Waals surface area contributed by atoms with Crippen molar-refractivity contribution in [1.29, 1.82) is 0 Å². The van der Waals surface area contributed by atoms with E-state index in [1.807, 2.05) is 4.72 Å². The van der Waals surface area contributed by atoms with Crippen LogP contribution in [0.4, 0.5) is 30.7 Å². The van der Waals surface area contributed by atoms with Gasteiger partial charge in [0, 0.05) is 36.7 Å². The number of nitrogens with one attached hydrogen (secondary N) is 1. The predicted octanol–water partition coefficient (Wildman–Crippen LogP) is 4.56. The summed E-state index contributed by atoms with van der Waals surface area (Å²) in [6.07, 6.45) is -1.39. The fourth-order valence-electron chi connectivity index (χ4n) is 5.17. The standard InChI is InChI=1S/C24H23F7N2O3S/c1-12(25)22(34)33-11-24(2-3-24)19(10-32-37(35,36)23(30)31)20(33)7-14-6-17(28)9-18(21(14)29)13-4-15(26)8-16(27)5-13/h4-6,8-9,12,19-20,23,32H,2-3,7,10-11H2,1H3/t12-,19-,20+/m1/s1. The number of amides is 1. The molecule has 2 aromatic carbocycles. The topological polar surface area (TPSA) is 66.5 Å². The Hall–Kier alpha value is -2.67. The molecule has 2 fully saturated rings. The lowest BCUT2D eigenvalue weighted by Crippen LogP contribution is -2.45. The maximum atomic E-state index is 15.6. The Kier molecular flexibility index (Phi) is 7.32. The number of likely N-dealkylation sites (tertiary alicyclic amines) is 1. The van der Waals surface area contributed by atoms with Gasteiger partial charge in [0.2, 0.25) is 0 Å². The van der Waals surface area contributed by atoms with Gasteiger partial charge in [-0.15, -0.1) is 0 Å². The minimum absolute atomic E-state index is 0.00919. The van der Waals surface area contributed by atoms with Crippen molar-refractivity contribution in [3.8, 4) is 11.1 Å². The molecule has 202 valence electrons. The highest BCUT2D eigenvalue weighted by Crippen LogP contribution is 2.59. The third-order valence-corrected chi connectivity index (χ3v) is 8.14. The summed E-state index contributed by atoms with van der Waals surface area (Å²) in [4.78, 5) is 13.8. The Balaban J connectivity index is 1.74. The molecule has 1 aliphatic heterocycles. The lowest BCUT2D eigenvalue weighted by Gasteiger charge is -2.30. The van der Waals surface area contributed by atoms with Gasteiger partial charge in [-0.2, -0.15) is 8.78 Å². The second kappa shape index (κ2) is 9.90. The van der Waals surface area contributed by atoms with E-state index < -0.39 is 87.0 Å². The highest BCUT2D eigenvalue weighted by atomic mass is 32.2. The van der Waals surface area contributed by atoms with Gasteiger partial charge < -0.3 is 4.90 Å². The van der Waals surface area contributed by atoms with Crippen LogP contribution < -0.4 is 4.72 Å². The van der Waals surface area contributed by atoms with Crippen molar-refractivity contribution in [1.82, 2.24) is 9.62 Å². The quantitative estimate of drug-likeness (QED) is 0.489. The van der Waals surface area contributed by atoms with Crippen LogP contribution in [0, 0.1) is 34.6 Å². The number of carbonyl (C=O) groups is 1. The van der Waals surface area contributed by atoms with Crippen LogP contribution in [-0.2, 0) is 21.2 Å². The summed E-state index contributed by atoms with van der Waals surface area (Å²) >= 11 is 0. The molecule has 1 aliphatic carbocycles. The molecule has 0 radical (unpaired) electrons. The van der Waals surface area contributed by atoms with E-state index in [1.165, 1.54) is 0 Å². The molecule has 1 N–H and O–H groups in total. The summed E-state index contributed by atoms with van der Waals surface area (Å²) in [6.45, 7) is 0.455. The number of hydrogen-bond acceptors (Lipinski definition) is 3. The first-order chi connectivity index (χ1) is 17.2. The summed E-state index contributed by atoms with van der Waals surface area (Å²) in [5.41, 5.74) is -1.75. The summed E-state index contributed by atoms with van der Waals surface area (Å²) < 4.78 is 123. The zero-order valence-electron chi connectivity index (χ0n) is 19.5. The van der Waals surface area contributed by atoms with Crippen molar-refractivity contribution < 1.29 is 43.9 Å². The summed E-state index contributed by atoms with van der Waals surface area (Å²) in [5.74, 6) is -9.52. The van der Waals surface area contributed by atoms with Crippen LogP contribution in [-0.4, -0.2) is 50.3 Å². The van der Waals surface area contributed by atoms with E-state index in [0.29, 0.717) is 18.9 Å².